The Balaban J connectivity index is 1.97. The first-order valence-electron chi connectivity index (χ1n) is 7.40. The number of nitrogens with one attached hydrogen (secondary N) is 2. The normalized spacial score (nSPS) is 10.8. The number of rotatable bonds is 4. The molecule has 25 heavy (non-hydrogen) atoms. The Morgan fingerprint density at radius 2 is 1.88 bits per heavy atom. The van der Waals surface area contributed by atoms with E-state index in [-0.39, 0.29) is 12.2 Å². The summed E-state index contributed by atoms with van der Waals surface area (Å²) in [6, 6.07) is 9.41. The van der Waals surface area contributed by atoms with Crippen LogP contribution in [0.3, 0.4) is 0 Å². The Kier molecular flexibility index (Phi) is 4.58. The van der Waals surface area contributed by atoms with Gasteiger partial charge in [-0.3, -0.25) is 9.59 Å². The third-order valence-corrected chi connectivity index (χ3v) is 3.68. The molecule has 0 unspecified atom stereocenters. The van der Waals surface area contributed by atoms with E-state index in [0.29, 0.717) is 16.8 Å². The van der Waals surface area contributed by atoms with Crippen molar-refractivity contribution < 1.29 is 18.3 Å². The molecule has 1 amide bonds. The Hall–Kier alpha value is -3.06. The zero-order valence-electron chi connectivity index (χ0n) is 13.2. The van der Waals surface area contributed by atoms with Crippen molar-refractivity contribution in [1.82, 2.24) is 4.98 Å². The van der Waals surface area contributed by atoms with Crippen molar-refractivity contribution in [3.05, 3.63) is 75.6 Å². The number of aromatic nitrogens is 1. The van der Waals surface area contributed by atoms with Crippen LogP contribution in [-0.2, 0) is 11.3 Å². The molecule has 0 radical (unpaired) electrons. The third-order valence-electron chi connectivity index (χ3n) is 3.68. The highest BCUT2D eigenvalue weighted by Gasteiger charge is 2.17. The number of amides is 1. The van der Waals surface area contributed by atoms with Gasteiger partial charge in [0.2, 0.25) is 5.56 Å². The molecule has 0 aliphatic heterocycles. The number of H-pyrrole nitrogens is 1. The summed E-state index contributed by atoms with van der Waals surface area (Å²) in [7, 11) is 1.52. The van der Waals surface area contributed by atoms with E-state index in [1.807, 2.05) is 0 Å². The van der Waals surface area contributed by atoms with Crippen LogP contribution in [0, 0.1) is 11.6 Å². The van der Waals surface area contributed by atoms with E-state index in [1.54, 1.807) is 12.1 Å². The minimum Gasteiger partial charge on any atom is -0.380 e. The number of carbonyl (C=O) groups excluding carboxylic acids is 1. The van der Waals surface area contributed by atoms with E-state index in [0.717, 1.165) is 17.5 Å². The summed E-state index contributed by atoms with van der Waals surface area (Å²) in [4.78, 5) is 26.5. The standard InChI is InChI=1S/C18H14F2N2O3/c1-25-9-10-7-16(23)22-15-8-11(5-6-12(10)15)21-18(24)17-13(19)3-2-4-14(17)20/h2-8H,9H2,1H3,(H,21,24)(H,22,23). The number of fused-ring (bicyclic) bond motifs is 1. The lowest BCUT2D eigenvalue weighted by molar-refractivity contribution is 0.101. The maximum Gasteiger partial charge on any atom is 0.261 e. The van der Waals surface area contributed by atoms with E-state index in [2.05, 4.69) is 10.3 Å². The van der Waals surface area contributed by atoms with Gasteiger partial charge in [-0.25, -0.2) is 8.78 Å². The number of hydrogen-bond donors (Lipinski definition) is 2. The molecular weight excluding hydrogens is 330 g/mol. The molecule has 0 aliphatic carbocycles. The van der Waals surface area contributed by atoms with Gasteiger partial charge in [0, 0.05) is 24.2 Å². The Bertz CT molecular complexity index is 995. The van der Waals surface area contributed by atoms with E-state index in [9.17, 15) is 18.4 Å². The van der Waals surface area contributed by atoms with Gasteiger partial charge in [-0.15, -0.1) is 0 Å². The molecule has 3 rings (SSSR count). The predicted octanol–water partition coefficient (Wildman–Crippen LogP) is 3.21. The van der Waals surface area contributed by atoms with Crippen LogP contribution in [-0.4, -0.2) is 18.0 Å². The summed E-state index contributed by atoms with van der Waals surface area (Å²) in [6.07, 6.45) is 0. The summed E-state index contributed by atoms with van der Waals surface area (Å²) < 4.78 is 32.4. The number of ether oxygens (including phenoxy) is 1. The lowest BCUT2D eigenvalue weighted by Crippen LogP contribution is -2.16. The fraction of sp³-hybridized carbons (Fsp3) is 0.111. The van der Waals surface area contributed by atoms with E-state index >= 15 is 0 Å². The van der Waals surface area contributed by atoms with Crippen LogP contribution in [0.2, 0.25) is 0 Å². The highest BCUT2D eigenvalue weighted by atomic mass is 19.1. The smallest absolute Gasteiger partial charge is 0.261 e. The number of aromatic amines is 1. The van der Waals surface area contributed by atoms with Gasteiger partial charge in [0.1, 0.15) is 17.2 Å². The van der Waals surface area contributed by atoms with Gasteiger partial charge in [-0.1, -0.05) is 12.1 Å². The van der Waals surface area contributed by atoms with Gasteiger partial charge in [0.25, 0.3) is 5.91 Å². The topological polar surface area (TPSA) is 71.2 Å². The first-order valence-corrected chi connectivity index (χ1v) is 7.40. The van der Waals surface area contributed by atoms with Crippen LogP contribution in [0.25, 0.3) is 10.9 Å². The van der Waals surface area contributed by atoms with Gasteiger partial charge in [0.05, 0.1) is 12.1 Å². The molecule has 0 aliphatic rings. The predicted molar refractivity (Wildman–Crippen MR) is 89.6 cm³/mol. The molecule has 3 aromatic rings. The first-order chi connectivity index (χ1) is 12.0. The molecule has 0 saturated heterocycles. The van der Waals surface area contributed by atoms with Gasteiger partial charge in [0.15, 0.2) is 0 Å². The molecule has 1 heterocycles. The highest BCUT2D eigenvalue weighted by Crippen LogP contribution is 2.21. The molecule has 7 heteroatoms. The second kappa shape index (κ2) is 6.82. The van der Waals surface area contributed by atoms with Crippen LogP contribution in [0.1, 0.15) is 15.9 Å². The molecule has 0 spiro atoms. The van der Waals surface area contributed by atoms with E-state index in [4.69, 9.17) is 4.74 Å². The average Bonchev–Trinajstić information content (AvgIpc) is 2.54. The molecular formula is C18H14F2N2O3. The van der Waals surface area contributed by atoms with Crippen molar-refractivity contribution in [2.45, 2.75) is 6.61 Å². The fourth-order valence-corrected chi connectivity index (χ4v) is 2.59. The van der Waals surface area contributed by atoms with Crippen molar-refractivity contribution in [1.29, 1.82) is 0 Å². The molecule has 2 aromatic carbocycles. The molecule has 5 nitrogen and oxygen atoms in total. The largest absolute Gasteiger partial charge is 0.380 e. The molecule has 0 atom stereocenters. The van der Waals surface area contributed by atoms with Crippen LogP contribution < -0.4 is 10.9 Å². The summed E-state index contributed by atoms with van der Waals surface area (Å²) in [5, 5.41) is 3.18. The number of benzene rings is 2. The summed E-state index contributed by atoms with van der Waals surface area (Å²) in [5.74, 6) is -2.81. The molecule has 0 bridgehead atoms. The third kappa shape index (κ3) is 3.41. The van der Waals surface area contributed by atoms with Gasteiger partial charge in [-0.05, 0) is 29.8 Å². The summed E-state index contributed by atoms with van der Waals surface area (Å²) in [6.45, 7) is 0.257. The van der Waals surface area contributed by atoms with Gasteiger partial charge >= 0.3 is 0 Å². The lowest BCUT2D eigenvalue weighted by Gasteiger charge is -2.10. The van der Waals surface area contributed by atoms with Crippen molar-refractivity contribution in [2.24, 2.45) is 0 Å². The SMILES string of the molecule is COCc1cc(=O)[nH]c2cc(NC(=O)c3c(F)cccc3F)ccc12. The number of pyridine rings is 1. The van der Waals surface area contributed by atoms with Gasteiger partial charge in [-0.2, -0.15) is 0 Å². The van der Waals surface area contributed by atoms with Crippen LogP contribution in [0.15, 0.2) is 47.3 Å². The van der Waals surface area contributed by atoms with Crippen molar-refractivity contribution in [3.63, 3.8) is 0 Å². The summed E-state index contributed by atoms with van der Waals surface area (Å²) in [5.41, 5.74) is 0.489. The Morgan fingerprint density at radius 3 is 2.56 bits per heavy atom. The van der Waals surface area contributed by atoms with Crippen molar-refractivity contribution >= 4 is 22.5 Å². The fourth-order valence-electron chi connectivity index (χ4n) is 2.59. The Labute approximate surface area is 141 Å². The maximum absolute atomic E-state index is 13.7. The highest BCUT2D eigenvalue weighted by molar-refractivity contribution is 6.05. The van der Waals surface area contributed by atoms with Gasteiger partial charge < -0.3 is 15.0 Å². The molecule has 128 valence electrons. The second-order valence-corrected chi connectivity index (χ2v) is 5.40. The molecule has 0 fully saturated rings. The molecule has 0 saturated carbocycles. The minimum absolute atomic E-state index is 0.257. The number of carbonyl (C=O) groups is 1. The molecule has 1 aromatic heterocycles. The number of methoxy groups -OCH3 is 1. The van der Waals surface area contributed by atoms with Crippen molar-refractivity contribution in [3.8, 4) is 0 Å². The zero-order valence-corrected chi connectivity index (χ0v) is 13.2. The second-order valence-electron chi connectivity index (χ2n) is 5.40. The van der Waals surface area contributed by atoms with E-state index < -0.39 is 23.1 Å². The van der Waals surface area contributed by atoms with E-state index in [1.165, 1.54) is 25.3 Å². The van der Waals surface area contributed by atoms with Crippen LogP contribution in [0.4, 0.5) is 14.5 Å². The monoisotopic (exact) mass is 344 g/mol. The number of halogens is 2. The van der Waals surface area contributed by atoms with Crippen LogP contribution in [0.5, 0.6) is 0 Å². The Morgan fingerprint density at radius 1 is 1.16 bits per heavy atom. The average molecular weight is 344 g/mol. The number of hydrogen-bond acceptors (Lipinski definition) is 3. The quantitative estimate of drug-likeness (QED) is 0.763. The summed E-state index contributed by atoms with van der Waals surface area (Å²) >= 11 is 0. The van der Waals surface area contributed by atoms with Crippen LogP contribution >= 0.6 is 0 Å². The lowest BCUT2D eigenvalue weighted by atomic mass is 10.1. The first kappa shape index (κ1) is 16.8. The molecule has 2 N–H and O–H groups in total. The zero-order chi connectivity index (χ0) is 18.0. The maximum atomic E-state index is 13.7. The number of anilines is 1. The van der Waals surface area contributed by atoms with Crippen molar-refractivity contribution in [2.75, 3.05) is 12.4 Å². The minimum atomic E-state index is -0.950.